The third kappa shape index (κ3) is 5.40. The minimum Gasteiger partial charge on any atom is -0.493 e. The van der Waals surface area contributed by atoms with Crippen molar-refractivity contribution in [3.8, 4) is 11.5 Å². The molecule has 5 aliphatic rings. The summed E-state index contributed by atoms with van der Waals surface area (Å²) in [7, 11) is 1.41. The van der Waals surface area contributed by atoms with Crippen LogP contribution in [0.25, 0.3) is 6.08 Å². The number of hydrogen-bond acceptors (Lipinski definition) is 7. The molecule has 236 valence electrons. The summed E-state index contributed by atoms with van der Waals surface area (Å²) in [5, 5.41) is 13.5. The molecule has 0 unspecified atom stereocenters. The van der Waals surface area contributed by atoms with Crippen LogP contribution in [-0.2, 0) is 21.6 Å². The SMILES string of the molecule is COc1cc(/C=C2\C(=O)NC(=O)N(c3ccc(C45CC6CC(CC(C6)C4)C5)cc3)C2=O)cc(Cl)c1OCc1cccc([N+](=O)[O-])c1. The molecule has 0 spiro atoms. The molecule has 3 aromatic rings. The van der Waals surface area contributed by atoms with Crippen molar-refractivity contribution in [3.63, 3.8) is 0 Å². The molecule has 1 N–H and O–H groups in total. The van der Waals surface area contributed by atoms with Crippen molar-refractivity contribution in [3.05, 3.63) is 98.1 Å². The summed E-state index contributed by atoms with van der Waals surface area (Å²) in [6.45, 7) is -0.0161. The van der Waals surface area contributed by atoms with Gasteiger partial charge in [0.1, 0.15) is 12.2 Å². The molecule has 3 aromatic carbocycles. The third-order valence-corrected chi connectivity index (χ3v) is 10.2. The molecule has 4 aliphatic carbocycles. The maximum absolute atomic E-state index is 13.6. The zero-order valence-corrected chi connectivity index (χ0v) is 25.9. The average molecular weight is 642 g/mol. The van der Waals surface area contributed by atoms with E-state index >= 15 is 0 Å². The highest BCUT2D eigenvalue weighted by atomic mass is 35.5. The Balaban J connectivity index is 1.12. The summed E-state index contributed by atoms with van der Waals surface area (Å²) in [6.07, 6.45) is 8.98. The summed E-state index contributed by atoms with van der Waals surface area (Å²) in [4.78, 5) is 51.0. The standard InChI is InChI=1S/C35H32ClN3O7/c1-45-30-15-21(14-29(36)31(30)46-19-20-3-2-4-27(12-20)39(43)44)13-28-32(40)37-34(42)38(33(28)41)26-7-5-25(6-8-26)35-16-22-9-23(17-35)11-24(10-22)18-35/h2-8,12-15,22-24H,9-11,16-19H2,1H3,(H,37,40,42)/b28-13+. The molecule has 10 nitrogen and oxygen atoms in total. The van der Waals surface area contributed by atoms with Crippen LogP contribution in [0.5, 0.6) is 11.5 Å². The molecule has 5 fully saturated rings. The van der Waals surface area contributed by atoms with Crippen LogP contribution in [0.2, 0.25) is 5.02 Å². The van der Waals surface area contributed by atoms with E-state index in [9.17, 15) is 24.5 Å². The quantitative estimate of drug-likeness (QED) is 0.122. The smallest absolute Gasteiger partial charge is 0.335 e. The van der Waals surface area contributed by atoms with Crippen LogP contribution >= 0.6 is 11.6 Å². The van der Waals surface area contributed by atoms with Crippen LogP contribution in [0.3, 0.4) is 0 Å². The molecule has 0 atom stereocenters. The minimum atomic E-state index is -0.822. The van der Waals surface area contributed by atoms with Crippen molar-refractivity contribution >= 4 is 46.9 Å². The fraction of sp³-hybridized carbons (Fsp3) is 0.343. The van der Waals surface area contributed by atoms with Gasteiger partial charge in [-0.2, -0.15) is 0 Å². The molecular formula is C35H32ClN3O7. The summed E-state index contributed by atoms with van der Waals surface area (Å²) < 4.78 is 11.3. The Kier molecular flexibility index (Phi) is 7.55. The van der Waals surface area contributed by atoms with E-state index in [0.29, 0.717) is 16.8 Å². The Morgan fingerprint density at radius 2 is 1.67 bits per heavy atom. The number of nitro benzene ring substituents is 1. The summed E-state index contributed by atoms with van der Waals surface area (Å²) in [5.74, 6) is 1.21. The van der Waals surface area contributed by atoms with Gasteiger partial charge in [-0.1, -0.05) is 35.9 Å². The fourth-order valence-corrected chi connectivity index (χ4v) is 8.64. The molecule has 11 heteroatoms. The molecule has 1 aliphatic heterocycles. The number of methoxy groups -OCH3 is 1. The zero-order chi connectivity index (χ0) is 32.2. The highest BCUT2D eigenvalue weighted by Gasteiger charge is 2.51. The number of carbonyl (C=O) groups excluding carboxylic acids is 3. The Labute approximate surface area is 270 Å². The number of benzene rings is 3. The first-order valence-electron chi connectivity index (χ1n) is 15.4. The summed E-state index contributed by atoms with van der Waals surface area (Å²) in [5.41, 5.74) is 2.44. The van der Waals surface area contributed by atoms with Gasteiger partial charge in [0.25, 0.3) is 17.5 Å². The second kappa shape index (κ2) is 11.6. The Hall–Kier alpha value is -4.70. The fourth-order valence-electron chi connectivity index (χ4n) is 8.37. The van der Waals surface area contributed by atoms with Gasteiger partial charge in [0, 0.05) is 12.1 Å². The van der Waals surface area contributed by atoms with Crippen LogP contribution in [0.1, 0.15) is 55.2 Å². The van der Waals surface area contributed by atoms with Crippen molar-refractivity contribution in [2.75, 3.05) is 12.0 Å². The van der Waals surface area contributed by atoms with Crippen molar-refractivity contribution in [1.29, 1.82) is 0 Å². The van der Waals surface area contributed by atoms with Gasteiger partial charge in [-0.15, -0.1) is 0 Å². The number of hydrogen-bond donors (Lipinski definition) is 1. The molecule has 46 heavy (non-hydrogen) atoms. The number of barbiturate groups is 1. The molecule has 4 saturated carbocycles. The van der Waals surface area contributed by atoms with E-state index in [0.717, 1.165) is 22.7 Å². The minimum absolute atomic E-state index is 0.0161. The van der Waals surface area contributed by atoms with Gasteiger partial charge in [-0.3, -0.25) is 25.0 Å². The second-order valence-electron chi connectivity index (χ2n) is 13.0. The maximum Gasteiger partial charge on any atom is 0.335 e. The van der Waals surface area contributed by atoms with Gasteiger partial charge in [-0.25, -0.2) is 9.69 Å². The lowest BCUT2D eigenvalue weighted by molar-refractivity contribution is -0.384. The van der Waals surface area contributed by atoms with Crippen molar-refractivity contribution in [2.45, 2.75) is 50.5 Å². The van der Waals surface area contributed by atoms with E-state index in [1.165, 1.54) is 75.5 Å². The second-order valence-corrected chi connectivity index (χ2v) is 13.4. The number of amides is 4. The van der Waals surface area contributed by atoms with Gasteiger partial charge in [-0.05, 0) is 109 Å². The number of ether oxygens (including phenoxy) is 2. The highest BCUT2D eigenvalue weighted by molar-refractivity contribution is 6.39. The largest absolute Gasteiger partial charge is 0.493 e. The van der Waals surface area contributed by atoms with E-state index in [2.05, 4.69) is 5.32 Å². The van der Waals surface area contributed by atoms with Crippen LogP contribution in [0.4, 0.5) is 16.2 Å². The highest BCUT2D eigenvalue weighted by Crippen LogP contribution is 2.60. The lowest BCUT2D eigenvalue weighted by Gasteiger charge is -2.57. The lowest BCUT2D eigenvalue weighted by Crippen LogP contribution is -2.54. The van der Waals surface area contributed by atoms with Gasteiger partial charge >= 0.3 is 6.03 Å². The number of non-ortho nitro benzene ring substituents is 1. The number of urea groups is 1. The Morgan fingerprint density at radius 3 is 2.30 bits per heavy atom. The predicted octanol–water partition coefficient (Wildman–Crippen LogP) is 6.97. The molecule has 1 saturated heterocycles. The Morgan fingerprint density at radius 1 is 1.00 bits per heavy atom. The van der Waals surface area contributed by atoms with Crippen molar-refractivity contribution < 1.29 is 28.8 Å². The first kappa shape index (κ1) is 30.0. The average Bonchev–Trinajstić information content (AvgIpc) is 3.02. The van der Waals surface area contributed by atoms with Gasteiger partial charge in [0.15, 0.2) is 11.5 Å². The molecule has 4 bridgehead atoms. The number of carbonyl (C=O) groups is 3. The summed E-state index contributed by atoms with van der Waals surface area (Å²) in [6, 6.07) is 15.9. The van der Waals surface area contributed by atoms with Crippen molar-refractivity contribution in [2.24, 2.45) is 17.8 Å². The summed E-state index contributed by atoms with van der Waals surface area (Å²) >= 11 is 6.53. The normalized spacial score (nSPS) is 26.0. The van der Waals surface area contributed by atoms with Gasteiger partial charge in [0.05, 0.1) is 22.7 Å². The zero-order valence-electron chi connectivity index (χ0n) is 25.2. The number of rotatable bonds is 8. The molecule has 4 amide bonds. The van der Waals surface area contributed by atoms with E-state index in [-0.39, 0.29) is 39.8 Å². The maximum atomic E-state index is 13.6. The van der Waals surface area contributed by atoms with E-state index in [1.54, 1.807) is 30.3 Å². The molecule has 8 rings (SSSR count). The first-order chi connectivity index (χ1) is 22.1. The predicted molar refractivity (Wildman–Crippen MR) is 171 cm³/mol. The molecule has 0 radical (unpaired) electrons. The number of imide groups is 2. The van der Waals surface area contributed by atoms with Crippen molar-refractivity contribution in [1.82, 2.24) is 5.32 Å². The molecular weight excluding hydrogens is 610 g/mol. The molecule has 0 aromatic heterocycles. The molecule has 1 heterocycles. The van der Waals surface area contributed by atoms with Crippen LogP contribution in [0.15, 0.2) is 66.2 Å². The van der Waals surface area contributed by atoms with Crippen LogP contribution in [-0.4, -0.2) is 29.9 Å². The number of anilines is 1. The van der Waals surface area contributed by atoms with E-state index < -0.39 is 22.8 Å². The van der Waals surface area contributed by atoms with Gasteiger partial charge < -0.3 is 9.47 Å². The van der Waals surface area contributed by atoms with Crippen LogP contribution < -0.4 is 19.7 Å². The third-order valence-electron chi connectivity index (χ3n) is 9.95. The van der Waals surface area contributed by atoms with Crippen LogP contribution in [0, 0.1) is 27.9 Å². The first-order valence-corrected chi connectivity index (χ1v) is 15.8. The Bertz CT molecular complexity index is 1770. The number of nitro groups is 1. The van der Waals surface area contributed by atoms with E-state index in [1.807, 2.05) is 12.1 Å². The number of nitrogens with zero attached hydrogens (tertiary/aromatic N) is 2. The number of nitrogens with one attached hydrogen (secondary N) is 1. The lowest BCUT2D eigenvalue weighted by atomic mass is 9.48. The number of halogens is 1. The topological polar surface area (TPSA) is 128 Å². The monoisotopic (exact) mass is 641 g/mol. The van der Waals surface area contributed by atoms with E-state index in [4.69, 9.17) is 21.1 Å². The van der Waals surface area contributed by atoms with Gasteiger partial charge in [0.2, 0.25) is 0 Å².